The summed E-state index contributed by atoms with van der Waals surface area (Å²) in [7, 11) is 0. The summed E-state index contributed by atoms with van der Waals surface area (Å²) in [6.45, 7) is 0. The number of phenolic OH excluding ortho intramolecular Hbond substituents is 1. The Bertz CT molecular complexity index is 467. The van der Waals surface area contributed by atoms with Gasteiger partial charge < -0.3 is 10.4 Å². The summed E-state index contributed by atoms with van der Waals surface area (Å²) < 4.78 is 13.6. The topological polar surface area (TPSA) is 49.3 Å². The maximum Gasteiger partial charge on any atom is 0.254 e. The lowest BCUT2D eigenvalue weighted by molar-refractivity contribution is 0.0924. The number of amides is 1. The quantitative estimate of drug-likeness (QED) is 0.896. The van der Waals surface area contributed by atoms with Crippen LogP contribution in [-0.4, -0.2) is 28.6 Å². The molecule has 19 heavy (non-hydrogen) atoms. The zero-order valence-corrected chi connectivity index (χ0v) is 11.7. The molecule has 3 nitrogen and oxygen atoms in total. The fraction of sp³-hybridized carbons (Fsp3) is 0.500. The molecule has 2 unspecified atom stereocenters. The Labute approximate surface area is 116 Å². The molecule has 1 fully saturated rings. The van der Waals surface area contributed by atoms with E-state index in [9.17, 15) is 9.18 Å². The zero-order valence-electron chi connectivity index (χ0n) is 10.9. The molecular weight excluding hydrogens is 265 g/mol. The van der Waals surface area contributed by atoms with E-state index < -0.39 is 11.7 Å². The van der Waals surface area contributed by atoms with Crippen LogP contribution < -0.4 is 5.32 Å². The van der Waals surface area contributed by atoms with Crippen LogP contribution in [0.4, 0.5) is 4.39 Å². The van der Waals surface area contributed by atoms with E-state index in [1.807, 2.05) is 11.8 Å². The number of hydrogen-bond donors (Lipinski definition) is 2. The van der Waals surface area contributed by atoms with Crippen molar-refractivity contribution in [1.29, 1.82) is 0 Å². The number of aromatic hydroxyl groups is 1. The molecule has 1 aliphatic rings. The van der Waals surface area contributed by atoms with Crippen molar-refractivity contribution in [3.05, 3.63) is 29.6 Å². The first-order chi connectivity index (χ1) is 9.10. The van der Waals surface area contributed by atoms with Gasteiger partial charge in [0.05, 0.1) is 5.56 Å². The molecule has 1 aromatic rings. The second kappa shape index (κ2) is 6.28. The first-order valence-corrected chi connectivity index (χ1v) is 7.71. The molecule has 0 saturated heterocycles. The van der Waals surface area contributed by atoms with Crippen molar-refractivity contribution >= 4 is 17.7 Å². The van der Waals surface area contributed by atoms with E-state index in [4.69, 9.17) is 5.11 Å². The summed E-state index contributed by atoms with van der Waals surface area (Å²) in [5, 5.41) is 12.6. The van der Waals surface area contributed by atoms with Crippen molar-refractivity contribution in [3.63, 3.8) is 0 Å². The van der Waals surface area contributed by atoms with E-state index in [0.29, 0.717) is 5.25 Å². The average Bonchev–Trinajstić information content (AvgIpc) is 2.38. The smallest absolute Gasteiger partial charge is 0.254 e. The molecule has 2 N–H and O–H groups in total. The Balaban J connectivity index is 2.00. The van der Waals surface area contributed by atoms with Crippen molar-refractivity contribution in [3.8, 4) is 5.75 Å². The zero-order chi connectivity index (χ0) is 13.8. The van der Waals surface area contributed by atoms with Gasteiger partial charge >= 0.3 is 0 Å². The molecule has 5 heteroatoms. The lowest BCUT2D eigenvalue weighted by Crippen LogP contribution is -2.39. The van der Waals surface area contributed by atoms with E-state index in [-0.39, 0.29) is 17.4 Å². The van der Waals surface area contributed by atoms with E-state index in [2.05, 4.69) is 11.6 Å². The van der Waals surface area contributed by atoms with Gasteiger partial charge in [-0.3, -0.25) is 4.79 Å². The summed E-state index contributed by atoms with van der Waals surface area (Å²) in [6.07, 6.45) is 6.24. The van der Waals surface area contributed by atoms with E-state index in [1.54, 1.807) is 0 Å². The van der Waals surface area contributed by atoms with E-state index in [0.717, 1.165) is 25.3 Å². The van der Waals surface area contributed by atoms with Gasteiger partial charge in [0.2, 0.25) is 0 Å². The lowest BCUT2D eigenvalue weighted by Gasteiger charge is -2.28. The minimum atomic E-state index is -0.685. The van der Waals surface area contributed by atoms with E-state index in [1.165, 1.54) is 18.6 Å². The van der Waals surface area contributed by atoms with Crippen LogP contribution in [0.2, 0.25) is 0 Å². The molecule has 1 aromatic carbocycles. The minimum Gasteiger partial charge on any atom is -0.508 e. The monoisotopic (exact) mass is 283 g/mol. The van der Waals surface area contributed by atoms with Gasteiger partial charge in [-0.2, -0.15) is 11.8 Å². The number of nitrogens with one attached hydrogen (secondary N) is 1. The predicted molar refractivity (Wildman–Crippen MR) is 75.1 cm³/mol. The van der Waals surface area contributed by atoms with Crippen molar-refractivity contribution in [2.24, 2.45) is 0 Å². The maximum absolute atomic E-state index is 13.6. The number of carbonyl (C=O) groups is 1. The lowest BCUT2D eigenvalue weighted by atomic mass is 9.94. The minimum absolute atomic E-state index is 0.0101. The molecule has 0 heterocycles. The second-order valence-corrected chi connectivity index (χ2v) is 6.00. The molecule has 2 atom stereocenters. The third-order valence-corrected chi connectivity index (χ3v) is 4.59. The Morgan fingerprint density at radius 1 is 1.47 bits per heavy atom. The summed E-state index contributed by atoms with van der Waals surface area (Å²) in [4.78, 5) is 12.0. The number of hydrogen-bond acceptors (Lipinski definition) is 3. The number of halogens is 1. The van der Waals surface area contributed by atoms with Crippen LogP contribution >= 0.6 is 11.8 Å². The van der Waals surface area contributed by atoms with Crippen LogP contribution in [0.15, 0.2) is 18.2 Å². The predicted octanol–water partition coefficient (Wildman–Crippen LogP) is 2.94. The van der Waals surface area contributed by atoms with Crippen molar-refractivity contribution in [2.75, 3.05) is 6.26 Å². The molecule has 0 spiro atoms. The van der Waals surface area contributed by atoms with Crippen LogP contribution in [0.5, 0.6) is 5.75 Å². The van der Waals surface area contributed by atoms with Crippen LogP contribution in [0.1, 0.15) is 36.0 Å². The summed E-state index contributed by atoms with van der Waals surface area (Å²) in [5.41, 5.74) is -0.0101. The van der Waals surface area contributed by atoms with Gasteiger partial charge in [-0.05, 0) is 37.7 Å². The van der Waals surface area contributed by atoms with Gasteiger partial charge in [0.25, 0.3) is 5.91 Å². The molecule has 0 bridgehead atoms. The summed E-state index contributed by atoms with van der Waals surface area (Å²) >= 11 is 1.82. The Kier molecular flexibility index (Phi) is 4.69. The first kappa shape index (κ1) is 14.2. The fourth-order valence-electron chi connectivity index (χ4n) is 2.44. The maximum atomic E-state index is 13.6. The SMILES string of the molecule is CSC1CCCC(NC(=O)c2ccc(O)cc2F)C1. The Hall–Kier alpha value is -1.23. The standard InChI is InChI=1S/C14H18FNO2S/c1-19-11-4-2-3-9(7-11)16-14(18)12-6-5-10(17)8-13(12)15/h5-6,8-9,11,17H,2-4,7H2,1H3,(H,16,18). The normalized spacial score (nSPS) is 23.1. The molecule has 0 aromatic heterocycles. The second-order valence-electron chi connectivity index (χ2n) is 4.86. The van der Waals surface area contributed by atoms with Crippen molar-refractivity contribution in [1.82, 2.24) is 5.32 Å². The molecule has 1 saturated carbocycles. The summed E-state index contributed by atoms with van der Waals surface area (Å²) in [6, 6.07) is 3.71. The fourth-order valence-corrected chi connectivity index (χ4v) is 3.27. The number of benzene rings is 1. The van der Waals surface area contributed by atoms with Crippen LogP contribution in [0.3, 0.4) is 0 Å². The van der Waals surface area contributed by atoms with Gasteiger partial charge in [0.1, 0.15) is 11.6 Å². The molecule has 0 radical (unpaired) electrons. The number of rotatable bonds is 3. The third-order valence-electron chi connectivity index (χ3n) is 3.49. The van der Waals surface area contributed by atoms with Crippen LogP contribution in [0, 0.1) is 5.82 Å². The molecule has 1 amide bonds. The highest BCUT2D eigenvalue weighted by Gasteiger charge is 2.23. The van der Waals surface area contributed by atoms with E-state index >= 15 is 0 Å². The molecule has 104 valence electrons. The molecule has 0 aliphatic heterocycles. The highest BCUT2D eigenvalue weighted by atomic mass is 32.2. The largest absolute Gasteiger partial charge is 0.508 e. The Morgan fingerprint density at radius 3 is 2.95 bits per heavy atom. The summed E-state index contributed by atoms with van der Waals surface area (Å²) in [5.74, 6) is -1.26. The molecule has 2 rings (SSSR count). The molecular formula is C14H18FNO2S. The third kappa shape index (κ3) is 3.62. The van der Waals surface area contributed by atoms with Crippen LogP contribution in [0.25, 0.3) is 0 Å². The number of phenols is 1. The van der Waals surface area contributed by atoms with Gasteiger partial charge in [-0.1, -0.05) is 6.42 Å². The van der Waals surface area contributed by atoms with Gasteiger partial charge in [0, 0.05) is 17.4 Å². The van der Waals surface area contributed by atoms with Crippen molar-refractivity contribution in [2.45, 2.75) is 37.0 Å². The first-order valence-electron chi connectivity index (χ1n) is 6.42. The van der Waals surface area contributed by atoms with Crippen molar-refractivity contribution < 1.29 is 14.3 Å². The number of carbonyl (C=O) groups excluding carboxylic acids is 1. The highest BCUT2D eigenvalue weighted by molar-refractivity contribution is 7.99. The molecule has 1 aliphatic carbocycles. The van der Waals surface area contributed by atoms with Gasteiger partial charge in [-0.25, -0.2) is 4.39 Å². The highest BCUT2D eigenvalue weighted by Crippen LogP contribution is 2.27. The number of thioether (sulfide) groups is 1. The Morgan fingerprint density at radius 2 is 2.26 bits per heavy atom. The average molecular weight is 283 g/mol. The van der Waals surface area contributed by atoms with Gasteiger partial charge in [0.15, 0.2) is 0 Å². The van der Waals surface area contributed by atoms with Crippen LogP contribution in [-0.2, 0) is 0 Å². The van der Waals surface area contributed by atoms with Gasteiger partial charge in [-0.15, -0.1) is 0 Å².